The number of nitrogens with zero attached hydrogens (tertiary/aromatic N) is 2. The molecule has 1 atom stereocenters. The monoisotopic (exact) mass is 375 g/mol. The van der Waals surface area contributed by atoms with Crippen molar-refractivity contribution in [3.63, 3.8) is 0 Å². The molecule has 2 heterocycles. The summed E-state index contributed by atoms with van der Waals surface area (Å²) in [6.45, 7) is 2.03. The molecule has 0 saturated carbocycles. The minimum Gasteiger partial charge on any atom is -0.322 e. The van der Waals surface area contributed by atoms with Crippen LogP contribution in [0, 0.1) is 0 Å². The number of para-hydroxylation sites is 1. The minimum atomic E-state index is -0.340. The molecule has 0 radical (unpaired) electrons. The number of amides is 2. The van der Waals surface area contributed by atoms with Gasteiger partial charge in [0.1, 0.15) is 0 Å². The Morgan fingerprint density at radius 3 is 2.46 bits per heavy atom. The Kier molecular flexibility index (Phi) is 4.47. The highest BCUT2D eigenvalue weighted by molar-refractivity contribution is 6.12. The number of aryl methyl sites for hydroxylation is 1. The molecule has 0 aliphatic carbocycles. The standard InChI is InChI=1S/C22H21N3O3/c1-14-7-12-20(26)25(14)16-10-8-15(9-11-16)23-22(28)18-13-21(27)24(2)19-6-4-3-5-17(18)19/h3-6,8-11,13-14H,7,12H2,1-2H3,(H,23,28). The number of pyridine rings is 1. The van der Waals surface area contributed by atoms with E-state index in [-0.39, 0.29) is 23.4 Å². The molecule has 2 aromatic carbocycles. The summed E-state index contributed by atoms with van der Waals surface area (Å²) < 4.78 is 1.52. The second kappa shape index (κ2) is 6.96. The van der Waals surface area contributed by atoms with Crippen LogP contribution in [0.15, 0.2) is 59.4 Å². The van der Waals surface area contributed by atoms with Gasteiger partial charge in [0, 0.05) is 42.3 Å². The Morgan fingerprint density at radius 2 is 1.79 bits per heavy atom. The Labute approximate surface area is 162 Å². The lowest BCUT2D eigenvalue weighted by Crippen LogP contribution is -2.30. The smallest absolute Gasteiger partial charge is 0.256 e. The summed E-state index contributed by atoms with van der Waals surface area (Å²) in [6, 6.07) is 16.1. The number of hydrogen-bond acceptors (Lipinski definition) is 3. The number of carbonyl (C=O) groups excluding carboxylic acids is 2. The van der Waals surface area contributed by atoms with Gasteiger partial charge < -0.3 is 14.8 Å². The van der Waals surface area contributed by atoms with Gasteiger partial charge in [-0.15, -0.1) is 0 Å². The van der Waals surface area contributed by atoms with Gasteiger partial charge in [0.05, 0.1) is 11.1 Å². The molecule has 1 aliphatic heterocycles. The lowest BCUT2D eigenvalue weighted by Gasteiger charge is -2.22. The van der Waals surface area contributed by atoms with Crippen molar-refractivity contribution in [3.8, 4) is 0 Å². The first-order valence-electron chi connectivity index (χ1n) is 9.28. The number of anilines is 2. The maximum atomic E-state index is 12.8. The number of benzene rings is 2. The number of aromatic nitrogens is 1. The highest BCUT2D eigenvalue weighted by Crippen LogP contribution is 2.27. The highest BCUT2D eigenvalue weighted by atomic mass is 16.2. The van der Waals surface area contributed by atoms with E-state index in [9.17, 15) is 14.4 Å². The second-order valence-electron chi connectivity index (χ2n) is 7.12. The molecule has 6 nitrogen and oxygen atoms in total. The molecule has 4 rings (SSSR count). The zero-order valence-corrected chi connectivity index (χ0v) is 15.8. The molecule has 1 aliphatic rings. The van der Waals surface area contributed by atoms with Crippen LogP contribution in [0.5, 0.6) is 0 Å². The SMILES string of the molecule is CC1CCC(=O)N1c1ccc(NC(=O)c2cc(=O)n(C)c3ccccc23)cc1. The third-order valence-electron chi connectivity index (χ3n) is 5.29. The largest absolute Gasteiger partial charge is 0.322 e. The fourth-order valence-corrected chi connectivity index (χ4v) is 3.73. The average Bonchev–Trinajstić information content (AvgIpc) is 3.03. The molecule has 1 saturated heterocycles. The summed E-state index contributed by atoms with van der Waals surface area (Å²) in [4.78, 5) is 38.9. The fourth-order valence-electron chi connectivity index (χ4n) is 3.73. The summed E-state index contributed by atoms with van der Waals surface area (Å²) in [5, 5.41) is 3.56. The second-order valence-corrected chi connectivity index (χ2v) is 7.12. The molecular weight excluding hydrogens is 354 g/mol. The maximum absolute atomic E-state index is 12.8. The lowest BCUT2D eigenvalue weighted by molar-refractivity contribution is -0.117. The van der Waals surface area contributed by atoms with Crippen molar-refractivity contribution in [2.45, 2.75) is 25.8 Å². The van der Waals surface area contributed by atoms with Crippen molar-refractivity contribution in [2.24, 2.45) is 7.05 Å². The third kappa shape index (κ3) is 3.07. The van der Waals surface area contributed by atoms with Crippen LogP contribution in [-0.2, 0) is 11.8 Å². The van der Waals surface area contributed by atoms with E-state index in [1.807, 2.05) is 43.3 Å². The van der Waals surface area contributed by atoms with E-state index < -0.39 is 0 Å². The number of carbonyl (C=O) groups is 2. The van der Waals surface area contributed by atoms with Gasteiger partial charge in [0.15, 0.2) is 0 Å². The summed E-state index contributed by atoms with van der Waals surface area (Å²) in [5.41, 5.74) is 2.24. The van der Waals surface area contributed by atoms with E-state index in [1.54, 1.807) is 24.1 Å². The van der Waals surface area contributed by atoms with Gasteiger partial charge in [-0.05, 0) is 43.7 Å². The summed E-state index contributed by atoms with van der Waals surface area (Å²) in [5.74, 6) is -0.219. The summed E-state index contributed by atoms with van der Waals surface area (Å²) >= 11 is 0. The Bertz CT molecular complexity index is 1130. The predicted molar refractivity (Wildman–Crippen MR) is 110 cm³/mol. The minimum absolute atomic E-state index is 0.121. The quantitative estimate of drug-likeness (QED) is 0.763. The Balaban J connectivity index is 1.61. The molecule has 0 spiro atoms. The highest BCUT2D eigenvalue weighted by Gasteiger charge is 2.28. The molecule has 1 unspecified atom stereocenters. The zero-order chi connectivity index (χ0) is 19.8. The van der Waals surface area contributed by atoms with E-state index in [0.717, 1.165) is 17.5 Å². The van der Waals surface area contributed by atoms with E-state index in [2.05, 4.69) is 5.32 Å². The van der Waals surface area contributed by atoms with Gasteiger partial charge >= 0.3 is 0 Å². The van der Waals surface area contributed by atoms with Crippen molar-refractivity contribution < 1.29 is 9.59 Å². The maximum Gasteiger partial charge on any atom is 0.256 e. The van der Waals surface area contributed by atoms with Crippen molar-refractivity contribution in [2.75, 3.05) is 10.2 Å². The van der Waals surface area contributed by atoms with Crippen LogP contribution in [-0.4, -0.2) is 22.4 Å². The molecule has 28 heavy (non-hydrogen) atoms. The van der Waals surface area contributed by atoms with Gasteiger partial charge in [-0.1, -0.05) is 18.2 Å². The molecule has 0 bridgehead atoms. The topological polar surface area (TPSA) is 71.4 Å². The van der Waals surface area contributed by atoms with Gasteiger partial charge in [-0.2, -0.15) is 0 Å². The normalized spacial score (nSPS) is 16.6. The van der Waals surface area contributed by atoms with Gasteiger partial charge in [-0.25, -0.2) is 0 Å². The summed E-state index contributed by atoms with van der Waals surface area (Å²) in [7, 11) is 1.69. The van der Waals surface area contributed by atoms with E-state index in [4.69, 9.17) is 0 Å². The molecule has 1 fully saturated rings. The van der Waals surface area contributed by atoms with Crippen molar-refractivity contribution in [3.05, 3.63) is 70.5 Å². The van der Waals surface area contributed by atoms with Crippen LogP contribution in [0.25, 0.3) is 10.9 Å². The van der Waals surface area contributed by atoms with Crippen LogP contribution in [0.4, 0.5) is 11.4 Å². The molecule has 2 amide bonds. The molecule has 6 heteroatoms. The first-order valence-corrected chi connectivity index (χ1v) is 9.28. The first kappa shape index (κ1) is 18.0. The zero-order valence-electron chi connectivity index (χ0n) is 15.8. The molecule has 3 aromatic rings. The predicted octanol–water partition coefficient (Wildman–Crippen LogP) is 3.31. The van der Waals surface area contributed by atoms with Gasteiger partial charge in [0.2, 0.25) is 5.91 Å². The fraction of sp³-hybridized carbons (Fsp3) is 0.227. The molecular formula is C22H21N3O3. The van der Waals surface area contributed by atoms with Crippen molar-refractivity contribution in [1.82, 2.24) is 4.57 Å². The Hall–Kier alpha value is -3.41. The number of nitrogens with one attached hydrogen (secondary N) is 1. The van der Waals surface area contributed by atoms with Crippen LogP contribution in [0.1, 0.15) is 30.1 Å². The molecule has 1 aromatic heterocycles. The van der Waals surface area contributed by atoms with Gasteiger partial charge in [0.25, 0.3) is 11.5 Å². The number of fused-ring (bicyclic) bond motifs is 1. The van der Waals surface area contributed by atoms with Crippen LogP contribution in [0.2, 0.25) is 0 Å². The number of rotatable bonds is 3. The van der Waals surface area contributed by atoms with Crippen LogP contribution < -0.4 is 15.8 Å². The summed E-state index contributed by atoms with van der Waals surface area (Å²) in [6.07, 6.45) is 1.42. The van der Waals surface area contributed by atoms with E-state index in [0.29, 0.717) is 23.2 Å². The van der Waals surface area contributed by atoms with Crippen LogP contribution >= 0.6 is 0 Å². The molecule has 142 valence electrons. The Morgan fingerprint density at radius 1 is 1.07 bits per heavy atom. The lowest BCUT2D eigenvalue weighted by atomic mass is 10.1. The van der Waals surface area contributed by atoms with Crippen molar-refractivity contribution >= 4 is 34.1 Å². The number of hydrogen-bond donors (Lipinski definition) is 1. The third-order valence-corrected chi connectivity index (χ3v) is 5.29. The molecule has 1 N–H and O–H groups in total. The van der Waals surface area contributed by atoms with E-state index in [1.165, 1.54) is 10.6 Å². The average molecular weight is 375 g/mol. The van der Waals surface area contributed by atoms with Crippen LogP contribution in [0.3, 0.4) is 0 Å². The van der Waals surface area contributed by atoms with Gasteiger partial charge in [-0.3, -0.25) is 14.4 Å². The first-order chi connectivity index (χ1) is 13.5. The van der Waals surface area contributed by atoms with E-state index >= 15 is 0 Å². The van der Waals surface area contributed by atoms with Crippen molar-refractivity contribution in [1.29, 1.82) is 0 Å².